The lowest BCUT2D eigenvalue weighted by molar-refractivity contribution is 0.368. The summed E-state index contributed by atoms with van der Waals surface area (Å²) in [6.07, 6.45) is 8.47. The van der Waals surface area contributed by atoms with Crippen molar-refractivity contribution in [3.63, 3.8) is 0 Å². The van der Waals surface area contributed by atoms with Gasteiger partial charge in [0.2, 0.25) is 0 Å². The predicted octanol–water partition coefficient (Wildman–Crippen LogP) is 1.89. The molecule has 15 heavy (non-hydrogen) atoms. The fraction of sp³-hybridized carbons (Fsp3) is 0.917. The minimum absolute atomic E-state index is 0.576. The third-order valence-corrected chi connectivity index (χ3v) is 3.65. The highest BCUT2D eigenvalue weighted by molar-refractivity contribution is 5.81. The van der Waals surface area contributed by atoms with Gasteiger partial charge in [-0.3, -0.25) is 4.99 Å². The molecule has 2 rings (SSSR count). The summed E-state index contributed by atoms with van der Waals surface area (Å²) in [6, 6.07) is 0.576. The highest BCUT2D eigenvalue weighted by Gasteiger charge is 2.20. The summed E-state index contributed by atoms with van der Waals surface area (Å²) in [6.45, 7) is 4.23. The first-order valence-corrected chi connectivity index (χ1v) is 6.41. The summed E-state index contributed by atoms with van der Waals surface area (Å²) in [5, 5.41) is 6.80. The SMILES string of the molecule is C[C@@H](NC1=NCCN1)C1CCCCCC1. The topological polar surface area (TPSA) is 36.4 Å². The second-order valence-corrected chi connectivity index (χ2v) is 4.84. The van der Waals surface area contributed by atoms with Gasteiger partial charge in [-0.15, -0.1) is 0 Å². The van der Waals surface area contributed by atoms with Gasteiger partial charge in [0.05, 0.1) is 6.54 Å². The van der Waals surface area contributed by atoms with Gasteiger partial charge in [0.15, 0.2) is 5.96 Å². The second-order valence-electron chi connectivity index (χ2n) is 4.84. The molecule has 0 aromatic rings. The summed E-state index contributed by atoms with van der Waals surface area (Å²) in [4.78, 5) is 4.39. The quantitative estimate of drug-likeness (QED) is 0.681. The molecule has 0 aromatic carbocycles. The van der Waals surface area contributed by atoms with E-state index < -0.39 is 0 Å². The van der Waals surface area contributed by atoms with Crippen LogP contribution >= 0.6 is 0 Å². The number of guanidine groups is 1. The molecule has 0 bridgehead atoms. The standard InChI is InChI=1S/C12H23N3/c1-10(15-12-13-8-9-14-12)11-6-4-2-3-5-7-11/h10-11H,2-9H2,1H3,(H2,13,14,15)/t10-/m1/s1. The molecule has 86 valence electrons. The van der Waals surface area contributed by atoms with Crippen molar-refractivity contribution in [3.05, 3.63) is 0 Å². The van der Waals surface area contributed by atoms with Crippen molar-refractivity contribution in [2.24, 2.45) is 10.9 Å². The molecule has 2 N–H and O–H groups in total. The molecule has 1 heterocycles. The lowest BCUT2D eigenvalue weighted by atomic mass is 9.93. The lowest BCUT2D eigenvalue weighted by Crippen LogP contribution is -2.43. The van der Waals surface area contributed by atoms with E-state index in [4.69, 9.17) is 0 Å². The average molecular weight is 209 g/mol. The van der Waals surface area contributed by atoms with Crippen LogP contribution in [0.2, 0.25) is 0 Å². The van der Waals surface area contributed by atoms with E-state index in [9.17, 15) is 0 Å². The molecule has 1 atom stereocenters. The van der Waals surface area contributed by atoms with Gasteiger partial charge in [-0.05, 0) is 25.7 Å². The molecule has 0 spiro atoms. The summed E-state index contributed by atoms with van der Waals surface area (Å²) in [7, 11) is 0. The highest BCUT2D eigenvalue weighted by Crippen LogP contribution is 2.25. The molecule has 1 aliphatic carbocycles. The van der Waals surface area contributed by atoms with E-state index in [1.54, 1.807) is 0 Å². The first-order valence-electron chi connectivity index (χ1n) is 6.41. The van der Waals surface area contributed by atoms with Crippen molar-refractivity contribution >= 4 is 5.96 Å². The number of hydrogen-bond acceptors (Lipinski definition) is 3. The van der Waals surface area contributed by atoms with E-state index in [1.165, 1.54) is 38.5 Å². The minimum atomic E-state index is 0.576. The second kappa shape index (κ2) is 5.38. The zero-order chi connectivity index (χ0) is 10.5. The first-order chi connectivity index (χ1) is 7.36. The molecule has 1 saturated carbocycles. The predicted molar refractivity (Wildman–Crippen MR) is 64.1 cm³/mol. The van der Waals surface area contributed by atoms with Gasteiger partial charge >= 0.3 is 0 Å². The van der Waals surface area contributed by atoms with Crippen LogP contribution in [0.1, 0.15) is 45.4 Å². The van der Waals surface area contributed by atoms with E-state index in [0.717, 1.165) is 25.0 Å². The first kappa shape index (κ1) is 10.8. The Balaban J connectivity index is 1.80. The Morgan fingerprint density at radius 3 is 2.60 bits per heavy atom. The van der Waals surface area contributed by atoms with Crippen LogP contribution in [0.3, 0.4) is 0 Å². The normalized spacial score (nSPS) is 25.3. The fourth-order valence-corrected chi connectivity index (χ4v) is 2.64. The van der Waals surface area contributed by atoms with Crippen LogP contribution in [0, 0.1) is 5.92 Å². The van der Waals surface area contributed by atoms with Crippen molar-refractivity contribution in [3.8, 4) is 0 Å². The molecule has 0 aromatic heterocycles. The molecule has 2 aliphatic rings. The number of aliphatic imine (C=N–C) groups is 1. The van der Waals surface area contributed by atoms with E-state index >= 15 is 0 Å². The summed E-state index contributed by atoms with van der Waals surface area (Å²) < 4.78 is 0. The summed E-state index contributed by atoms with van der Waals surface area (Å²) in [5.41, 5.74) is 0. The van der Waals surface area contributed by atoms with Gasteiger partial charge in [-0.25, -0.2) is 0 Å². The Labute approximate surface area is 92.7 Å². The van der Waals surface area contributed by atoms with Crippen LogP contribution in [0.5, 0.6) is 0 Å². The van der Waals surface area contributed by atoms with Gasteiger partial charge in [-0.2, -0.15) is 0 Å². The third kappa shape index (κ3) is 3.11. The zero-order valence-corrected chi connectivity index (χ0v) is 9.76. The van der Waals surface area contributed by atoms with E-state index in [-0.39, 0.29) is 0 Å². The molecule has 0 radical (unpaired) electrons. The minimum Gasteiger partial charge on any atom is -0.355 e. The van der Waals surface area contributed by atoms with Gasteiger partial charge in [0, 0.05) is 12.6 Å². The van der Waals surface area contributed by atoms with Crippen LogP contribution in [0.15, 0.2) is 4.99 Å². The third-order valence-electron chi connectivity index (χ3n) is 3.65. The number of nitrogens with one attached hydrogen (secondary N) is 2. The Kier molecular flexibility index (Phi) is 3.87. The maximum Gasteiger partial charge on any atom is 0.191 e. The molecule has 3 heteroatoms. The maximum atomic E-state index is 4.39. The fourth-order valence-electron chi connectivity index (χ4n) is 2.64. The summed E-state index contributed by atoms with van der Waals surface area (Å²) in [5.74, 6) is 1.87. The van der Waals surface area contributed by atoms with Crippen molar-refractivity contribution in [1.82, 2.24) is 10.6 Å². The Hall–Kier alpha value is -0.730. The molecule has 0 saturated heterocycles. The van der Waals surface area contributed by atoms with Crippen LogP contribution in [-0.4, -0.2) is 25.1 Å². The number of rotatable bonds is 2. The monoisotopic (exact) mass is 209 g/mol. The smallest absolute Gasteiger partial charge is 0.191 e. The molecule has 1 fully saturated rings. The van der Waals surface area contributed by atoms with Gasteiger partial charge in [0.25, 0.3) is 0 Å². The van der Waals surface area contributed by atoms with Crippen molar-refractivity contribution in [2.45, 2.75) is 51.5 Å². The van der Waals surface area contributed by atoms with Gasteiger partial charge < -0.3 is 10.6 Å². The number of nitrogens with zero attached hydrogens (tertiary/aromatic N) is 1. The highest BCUT2D eigenvalue weighted by atomic mass is 15.2. The van der Waals surface area contributed by atoms with Gasteiger partial charge in [0.1, 0.15) is 0 Å². The Morgan fingerprint density at radius 2 is 2.00 bits per heavy atom. The van der Waals surface area contributed by atoms with Crippen LogP contribution in [0.4, 0.5) is 0 Å². The average Bonchev–Trinajstić information content (AvgIpc) is 2.58. The van der Waals surface area contributed by atoms with Crippen molar-refractivity contribution in [1.29, 1.82) is 0 Å². The molecule has 3 nitrogen and oxygen atoms in total. The van der Waals surface area contributed by atoms with Crippen LogP contribution < -0.4 is 10.6 Å². The summed E-state index contributed by atoms with van der Waals surface area (Å²) >= 11 is 0. The van der Waals surface area contributed by atoms with E-state index in [2.05, 4.69) is 22.5 Å². The van der Waals surface area contributed by atoms with E-state index in [0.29, 0.717) is 6.04 Å². The molecule has 0 unspecified atom stereocenters. The molecule has 1 aliphatic heterocycles. The van der Waals surface area contributed by atoms with Gasteiger partial charge in [-0.1, -0.05) is 25.7 Å². The Morgan fingerprint density at radius 1 is 1.27 bits per heavy atom. The lowest BCUT2D eigenvalue weighted by Gasteiger charge is -2.24. The zero-order valence-electron chi connectivity index (χ0n) is 9.76. The molecule has 0 amide bonds. The van der Waals surface area contributed by atoms with Crippen molar-refractivity contribution in [2.75, 3.05) is 13.1 Å². The largest absolute Gasteiger partial charge is 0.355 e. The van der Waals surface area contributed by atoms with Crippen molar-refractivity contribution < 1.29 is 0 Å². The van der Waals surface area contributed by atoms with E-state index in [1.807, 2.05) is 0 Å². The molecular weight excluding hydrogens is 186 g/mol. The number of hydrogen-bond donors (Lipinski definition) is 2. The van der Waals surface area contributed by atoms with Crippen LogP contribution in [0.25, 0.3) is 0 Å². The Bertz CT molecular complexity index is 217. The van der Waals surface area contributed by atoms with Crippen LogP contribution in [-0.2, 0) is 0 Å². The molecular formula is C12H23N3. The maximum absolute atomic E-state index is 4.39.